The van der Waals surface area contributed by atoms with Gasteiger partial charge in [-0.25, -0.2) is 13.1 Å². The van der Waals surface area contributed by atoms with Crippen molar-refractivity contribution in [3.8, 4) is 5.75 Å². The van der Waals surface area contributed by atoms with Crippen LogP contribution in [0.25, 0.3) is 0 Å². The molecule has 1 amide bonds. The highest BCUT2D eigenvalue weighted by Crippen LogP contribution is 2.33. The molecule has 1 atom stereocenters. The fourth-order valence-electron chi connectivity index (χ4n) is 5.09. The molecule has 206 valence electrons. The summed E-state index contributed by atoms with van der Waals surface area (Å²) in [4.78, 5) is 17.2. The number of ether oxygens (including phenoxy) is 1. The van der Waals surface area contributed by atoms with Crippen molar-refractivity contribution >= 4 is 33.0 Å². The van der Waals surface area contributed by atoms with Gasteiger partial charge in [0.1, 0.15) is 10.6 Å². The topological polar surface area (TPSA) is 91.0 Å². The molecule has 39 heavy (non-hydrogen) atoms. The molecular weight excluding hydrogens is 512 g/mol. The van der Waals surface area contributed by atoms with Crippen LogP contribution < -0.4 is 24.6 Å². The molecule has 3 aromatic carbocycles. The van der Waals surface area contributed by atoms with Gasteiger partial charge in [-0.1, -0.05) is 36.8 Å². The van der Waals surface area contributed by atoms with Crippen molar-refractivity contribution in [1.82, 2.24) is 4.72 Å². The lowest BCUT2D eigenvalue weighted by molar-refractivity contribution is -0.122. The number of nitrogens with one attached hydrogen (secondary N) is 2. The standard InChI is InChI=1S/C30H36N4O4S/c1-22(23-7-4-3-5-8-23)32-39(36,37)29-21-25(31-30(35)24-9-6-10-24)11-16-28(29)34-19-17-33(18-20-34)26-12-14-27(38-2)15-13-26/h3-5,7-8,11-16,21-22,24,32H,6,9-10,17-20H2,1-2H3,(H,31,35)/t22-/m0/s1. The molecule has 2 aliphatic rings. The SMILES string of the molecule is COc1ccc(N2CCN(c3ccc(NC(=O)C4CCC4)cc3S(=O)(=O)N[C@@H](C)c3ccccc3)CC2)cc1. The van der Waals surface area contributed by atoms with Crippen molar-refractivity contribution in [2.24, 2.45) is 5.92 Å². The summed E-state index contributed by atoms with van der Waals surface area (Å²) < 4.78 is 35.7. The first kappa shape index (κ1) is 27.0. The second kappa shape index (κ2) is 11.7. The van der Waals surface area contributed by atoms with Gasteiger partial charge >= 0.3 is 0 Å². The summed E-state index contributed by atoms with van der Waals surface area (Å²) in [6.45, 7) is 4.66. The zero-order valence-electron chi connectivity index (χ0n) is 22.5. The van der Waals surface area contributed by atoms with Gasteiger partial charge in [-0.2, -0.15) is 0 Å². The Hall–Kier alpha value is -3.56. The van der Waals surface area contributed by atoms with Crippen molar-refractivity contribution in [1.29, 1.82) is 0 Å². The normalized spacial score (nSPS) is 16.9. The molecule has 1 saturated carbocycles. The Morgan fingerprint density at radius 1 is 0.923 bits per heavy atom. The maximum atomic E-state index is 13.8. The molecule has 5 rings (SSSR count). The van der Waals surface area contributed by atoms with Crippen LogP contribution in [0.3, 0.4) is 0 Å². The fourth-order valence-corrected chi connectivity index (χ4v) is 6.57. The molecule has 1 aliphatic carbocycles. The van der Waals surface area contributed by atoms with Gasteiger partial charge in [-0.15, -0.1) is 0 Å². The van der Waals surface area contributed by atoms with E-state index in [0.29, 0.717) is 24.5 Å². The number of piperazine rings is 1. The molecule has 8 nitrogen and oxygen atoms in total. The Kier molecular flexibility index (Phi) is 8.09. The molecule has 0 spiro atoms. The molecule has 0 aromatic heterocycles. The zero-order chi connectivity index (χ0) is 27.4. The minimum atomic E-state index is -3.90. The van der Waals surface area contributed by atoms with Crippen LogP contribution in [-0.2, 0) is 14.8 Å². The minimum Gasteiger partial charge on any atom is -0.497 e. The number of methoxy groups -OCH3 is 1. The van der Waals surface area contributed by atoms with Crippen LogP contribution in [0.2, 0.25) is 0 Å². The Morgan fingerprint density at radius 3 is 2.21 bits per heavy atom. The molecular formula is C30H36N4O4S. The van der Waals surface area contributed by atoms with E-state index in [2.05, 4.69) is 19.8 Å². The highest BCUT2D eigenvalue weighted by atomic mass is 32.2. The van der Waals surface area contributed by atoms with E-state index in [1.807, 2.05) is 67.6 Å². The van der Waals surface area contributed by atoms with E-state index in [-0.39, 0.29) is 16.7 Å². The monoisotopic (exact) mass is 548 g/mol. The van der Waals surface area contributed by atoms with Crippen molar-refractivity contribution in [3.05, 3.63) is 78.4 Å². The summed E-state index contributed by atoms with van der Waals surface area (Å²) >= 11 is 0. The first-order chi connectivity index (χ1) is 18.8. The minimum absolute atomic E-state index is 0.00648. The quantitative estimate of drug-likeness (QED) is 0.399. The molecule has 2 N–H and O–H groups in total. The van der Waals surface area contributed by atoms with Gasteiger partial charge in [0.25, 0.3) is 0 Å². The summed E-state index contributed by atoms with van der Waals surface area (Å²) in [5, 5.41) is 2.94. The number of benzene rings is 3. The summed E-state index contributed by atoms with van der Waals surface area (Å²) in [6, 6.07) is 22.3. The van der Waals surface area contributed by atoms with E-state index < -0.39 is 16.1 Å². The summed E-state index contributed by atoms with van der Waals surface area (Å²) in [5.41, 5.74) is 3.12. The number of nitrogens with zero attached hydrogens (tertiary/aromatic N) is 2. The van der Waals surface area contributed by atoms with Crippen LogP contribution in [0, 0.1) is 5.92 Å². The molecule has 1 heterocycles. The fraction of sp³-hybridized carbons (Fsp3) is 0.367. The summed E-state index contributed by atoms with van der Waals surface area (Å²) in [5.74, 6) is 0.775. The van der Waals surface area contributed by atoms with E-state index >= 15 is 0 Å². The van der Waals surface area contributed by atoms with E-state index in [9.17, 15) is 13.2 Å². The van der Waals surface area contributed by atoms with Crippen LogP contribution >= 0.6 is 0 Å². The highest BCUT2D eigenvalue weighted by molar-refractivity contribution is 7.89. The van der Waals surface area contributed by atoms with E-state index in [4.69, 9.17) is 4.74 Å². The lowest BCUT2D eigenvalue weighted by Gasteiger charge is -2.38. The Bertz CT molecular complexity index is 1380. The van der Waals surface area contributed by atoms with Crippen LogP contribution in [0.4, 0.5) is 17.1 Å². The number of carbonyl (C=O) groups is 1. The van der Waals surface area contributed by atoms with Crippen LogP contribution in [0.1, 0.15) is 37.8 Å². The molecule has 2 fully saturated rings. The molecule has 9 heteroatoms. The van der Waals surface area contributed by atoms with Crippen molar-refractivity contribution in [3.63, 3.8) is 0 Å². The Labute approximate surface area is 231 Å². The van der Waals surface area contributed by atoms with E-state index in [0.717, 1.165) is 49.4 Å². The number of amides is 1. The third kappa shape index (κ3) is 6.20. The maximum absolute atomic E-state index is 13.8. The smallest absolute Gasteiger partial charge is 0.243 e. The first-order valence-corrected chi connectivity index (χ1v) is 15.0. The van der Waals surface area contributed by atoms with Crippen LogP contribution in [0.5, 0.6) is 5.75 Å². The molecule has 1 saturated heterocycles. The third-order valence-electron chi connectivity index (χ3n) is 7.68. The van der Waals surface area contributed by atoms with Crippen molar-refractivity contribution < 1.29 is 17.9 Å². The first-order valence-electron chi connectivity index (χ1n) is 13.5. The van der Waals surface area contributed by atoms with Gasteiger partial charge in [0.15, 0.2) is 0 Å². The van der Waals surface area contributed by atoms with E-state index in [1.54, 1.807) is 19.2 Å². The predicted molar refractivity (Wildman–Crippen MR) is 155 cm³/mol. The van der Waals surface area contributed by atoms with Gasteiger partial charge in [0.05, 0.1) is 12.8 Å². The lowest BCUT2D eigenvalue weighted by Crippen LogP contribution is -2.47. The number of anilines is 3. The molecule has 1 aliphatic heterocycles. The molecule has 0 bridgehead atoms. The number of hydrogen-bond acceptors (Lipinski definition) is 6. The van der Waals surface area contributed by atoms with Gasteiger partial charge in [-0.3, -0.25) is 4.79 Å². The zero-order valence-corrected chi connectivity index (χ0v) is 23.3. The lowest BCUT2D eigenvalue weighted by atomic mass is 9.85. The number of hydrogen-bond donors (Lipinski definition) is 2. The van der Waals surface area contributed by atoms with Gasteiger partial charge in [-0.05, 0) is 67.8 Å². The van der Waals surface area contributed by atoms with Gasteiger partial charge in [0, 0.05) is 49.5 Å². The number of sulfonamides is 1. The Morgan fingerprint density at radius 2 is 1.59 bits per heavy atom. The number of rotatable bonds is 9. The second-order valence-electron chi connectivity index (χ2n) is 10.2. The van der Waals surface area contributed by atoms with Crippen molar-refractivity contribution in [2.75, 3.05) is 48.4 Å². The molecule has 0 radical (unpaired) electrons. The summed E-state index contributed by atoms with van der Waals surface area (Å²) in [7, 11) is -2.25. The largest absolute Gasteiger partial charge is 0.497 e. The van der Waals surface area contributed by atoms with Gasteiger partial charge < -0.3 is 19.9 Å². The predicted octanol–water partition coefficient (Wildman–Crippen LogP) is 4.80. The van der Waals surface area contributed by atoms with Crippen LogP contribution in [0.15, 0.2) is 77.7 Å². The second-order valence-corrected chi connectivity index (χ2v) is 11.9. The Balaban J connectivity index is 1.38. The number of carbonyl (C=O) groups excluding carboxylic acids is 1. The maximum Gasteiger partial charge on any atom is 0.243 e. The highest BCUT2D eigenvalue weighted by Gasteiger charge is 2.29. The van der Waals surface area contributed by atoms with Crippen LogP contribution in [-0.4, -0.2) is 47.6 Å². The molecule has 3 aromatic rings. The van der Waals surface area contributed by atoms with Gasteiger partial charge in [0.2, 0.25) is 15.9 Å². The average Bonchev–Trinajstić information content (AvgIpc) is 2.92. The average molecular weight is 549 g/mol. The van der Waals surface area contributed by atoms with E-state index in [1.165, 1.54) is 0 Å². The third-order valence-corrected chi connectivity index (χ3v) is 9.25. The molecule has 0 unspecified atom stereocenters. The summed E-state index contributed by atoms with van der Waals surface area (Å²) in [6.07, 6.45) is 2.81. The van der Waals surface area contributed by atoms with Crippen molar-refractivity contribution in [2.45, 2.75) is 37.1 Å².